The summed E-state index contributed by atoms with van der Waals surface area (Å²) < 4.78 is 37.1. The van der Waals surface area contributed by atoms with Crippen LogP contribution in [0.4, 0.5) is 11.4 Å². The number of carbonyl (C=O) groups is 1. The third-order valence-electron chi connectivity index (χ3n) is 3.93. The third kappa shape index (κ3) is 4.64. The van der Waals surface area contributed by atoms with Crippen molar-refractivity contribution in [2.45, 2.75) is 6.92 Å². The molecule has 0 aromatic heterocycles. The van der Waals surface area contributed by atoms with E-state index < -0.39 is 15.9 Å². The topological polar surface area (TPSA) is 84.9 Å². The number of ether oxygens (including phenoxy) is 2. The highest BCUT2D eigenvalue weighted by atomic mass is 35.5. The molecule has 0 fully saturated rings. The molecule has 0 radical (unpaired) electrons. The zero-order valence-corrected chi connectivity index (χ0v) is 16.2. The number of anilines is 2. The lowest BCUT2D eigenvalue weighted by molar-refractivity contribution is -0.114. The summed E-state index contributed by atoms with van der Waals surface area (Å²) in [5.41, 5.74) is 0.868. The van der Waals surface area contributed by atoms with Crippen LogP contribution in [-0.4, -0.2) is 39.8 Å². The molecule has 2 aromatic carbocycles. The average Bonchev–Trinajstić information content (AvgIpc) is 2.67. The number of amides is 1. The molecular formula is C18H19ClN2O5S. The van der Waals surface area contributed by atoms with Crippen molar-refractivity contribution in [1.29, 1.82) is 0 Å². The van der Waals surface area contributed by atoms with E-state index in [1.54, 1.807) is 42.5 Å². The minimum Gasteiger partial charge on any atom is -0.486 e. The molecule has 1 aliphatic rings. The quantitative estimate of drug-likeness (QED) is 0.791. The minimum absolute atomic E-state index is 0.143. The van der Waals surface area contributed by atoms with Crippen molar-refractivity contribution in [2.24, 2.45) is 0 Å². The Balaban J connectivity index is 1.83. The van der Waals surface area contributed by atoms with Gasteiger partial charge in [-0.05, 0) is 43.3 Å². The standard InChI is InChI=1S/C18H19ClN2O5S/c1-2-27(23,24)21(12-18(22)20-14-5-3-13(19)4-6-14)15-7-8-16-17(11-15)26-10-9-25-16/h3-8,11H,2,9-10,12H2,1H3,(H,20,22). The van der Waals surface area contributed by atoms with E-state index >= 15 is 0 Å². The van der Waals surface area contributed by atoms with Crippen LogP contribution >= 0.6 is 11.6 Å². The number of nitrogens with one attached hydrogen (secondary N) is 1. The molecule has 144 valence electrons. The first-order valence-electron chi connectivity index (χ1n) is 8.34. The lowest BCUT2D eigenvalue weighted by Gasteiger charge is -2.25. The molecule has 1 heterocycles. The monoisotopic (exact) mass is 410 g/mol. The molecule has 27 heavy (non-hydrogen) atoms. The van der Waals surface area contributed by atoms with Gasteiger partial charge in [0.2, 0.25) is 15.9 Å². The molecule has 1 N–H and O–H groups in total. The first kappa shape index (κ1) is 19.3. The summed E-state index contributed by atoms with van der Waals surface area (Å²) in [4.78, 5) is 12.4. The van der Waals surface area contributed by atoms with Gasteiger partial charge in [-0.25, -0.2) is 8.42 Å². The first-order valence-corrected chi connectivity index (χ1v) is 10.3. The summed E-state index contributed by atoms with van der Waals surface area (Å²) in [6.45, 7) is 1.98. The average molecular weight is 411 g/mol. The van der Waals surface area contributed by atoms with Gasteiger partial charge in [-0.3, -0.25) is 9.10 Å². The van der Waals surface area contributed by atoms with Crippen LogP contribution in [-0.2, 0) is 14.8 Å². The highest BCUT2D eigenvalue weighted by Gasteiger charge is 2.25. The zero-order chi connectivity index (χ0) is 19.4. The van der Waals surface area contributed by atoms with E-state index in [0.717, 1.165) is 4.31 Å². The molecule has 0 unspecified atom stereocenters. The molecule has 0 bridgehead atoms. The van der Waals surface area contributed by atoms with E-state index in [2.05, 4.69) is 5.32 Å². The lowest BCUT2D eigenvalue weighted by Crippen LogP contribution is -2.39. The fraction of sp³-hybridized carbons (Fsp3) is 0.278. The second-order valence-electron chi connectivity index (χ2n) is 5.79. The Kier molecular flexibility index (Phi) is 5.76. The van der Waals surface area contributed by atoms with Gasteiger partial charge < -0.3 is 14.8 Å². The Hall–Kier alpha value is -2.45. The molecular weight excluding hydrogens is 392 g/mol. The third-order valence-corrected chi connectivity index (χ3v) is 5.92. The second-order valence-corrected chi connectivity index (χ2v) is 8.41. The minimum atomic E-state index is -3.68. The number of nitrogens with zero attached hydrogens (tertiary/aromatic N) is 1. The van der Waals surface area contributed by atoms with Crippen LogP contribution < -0.4 is 19.1 Å². The number of hydrogen-bond donors (Lipinski definition) is 1. The van der Waals surface area contributed by atoms with Crippen LogP contribution in [0.25, 0.3) is 0 Å². The van der Waals surface area contributed by atoms with Gasteiger partial charge in [-0.2, -0.15) is 0 Å². The van der Waals surface area contributed by atoms with Crippen LogP contribution in [0.3, 0.4) is 0 Å². The summed E-state index contributed by atoms with van der Waals surface area (Å²) in [5, 5.41) is 3.21. The van der Waals surface area contributed by atoms with Gasteiger partial charge in [0.15, 0.2) is 11.5 Å². The van der Waals surface area contributed by atoms with Crippen molar-refractivity contribution in [3.63, 3.8) is 0 Å². The van der Waals surface area contributed by atoms with Crippen molar-refractivity contribution >= 4 is 38.9 Å². The van der Waals surface area contributed by atoms with Crippen LogP contribution in [0.15, 0.2) is 42.5 Å². The van der Waals surface area contributed by atoms with Gasteiger partial charge in [0, 0.05) is 16.8 Å². The first-order chi connectivity index (χ1) is 12.9. The molecule has 0 spiro atoms. The predicted octanol–water partition coefficient (Wildman–Crippen LogP) is 2.91. The Morgan fingerprint density at radius 2 is 1.78 bits per heavy atom. The molecule has 1 aliphatic heterocycles. The zero-order valence-electron chi connectivity index (χ0n) is 14.6. The van der Waals surface area contributed by atoms with Gasteiger partial charge in [0.1, 0.15) is 19.8 Å². The van der Waals surface area contributed by atoms with Gasteiger partial charge in [-0.15, -0.1) is 0 Å². The molecule has 0 saturated heterocycles. The Labute approximate surface area is 162 Å². The fourth-order valence-corrected chi connectivity index (χ4v) is 3.74. The molecule has 1 amide bonds. The van der Waals surface area contributed by atoms with Crippen LogP contribution in [0, 0.1) is 0 Å². The van der Waals surface area contributed by atoms with Gasteiger partial charge >= 0.3 is 0 Å². The van der Waals surface area contributed by atoms with Crippen LogP contribution in [0.2, 0.25) is 5.02 Å². The maximum Gasteiger partial charge on any atom is 0.245 e. The predicted molar refractivity (Wildman–Crippen MR) is 104 cm³/mol. The largest absolute Gasteiger partial charge is 0.486 e. The van der Waals surface area contributed by atoms with Crippen LogP contribution in [0.1, 0.15) is 6.92 Å². The van der Waals surface area contributed by atoms with Crippen molar-refractivity contribution < 1.29 is 22.7 Å². The van der Waals surface area contributed by atoms with Gasteiger partial charge in [-0.1, -0.05) is 11.6 Å². The normalized spacial score (nSPS) is 13.1. The highest BCUT2D eigenvalue weighted by Crippen LogP contribution is 2.34. The summed E-state index contributed by atoms with van der Waals surface area (Å²) in [6, 6.07) is 11.4. The molecule has 9 heteroatoms. The van der Waals surface area contributed by atoms with E-state index in [9.17, 15) is 13.2 Å². The highest BCUT2D eigenvalue weighted by molar-refractivity contribution is 7.92. The van der Waals surface area contributed by atoms with E-state index in [1.807, 2.05) is 0 Å². The van der Waals surface area contributed by atoms with Crippen molar-refractivity contribution in [2.75, 3.05) is 35.1 Å². The Morgan fingerprint density at radius 3 is 2.44 bits per heavy atom. The summed E-state index contributed by atoms with van der Waals surface area (Å²) in [7, 11) is -3.68. The number of hydrogen-bond acceptors (Lipinski definition) is 5. The van der Waals surface area contributed by atoms with Crippen molar-refractivity contribution in [3.05, 3.63) is 47.5 Å². The fourth-order valence-electron chi connectivity index (χ4n) is 2.56. The Morgan fingerprint density at radius 1 is 1.11 bits per heavy atom. The van der Waals surface area contributed by atoms with Crippen LogP contribution in [0.5, 0.6) is 11.5 Å². The van der Waals surface area contributed by atoms with Crippen molar-refractivity contribution in [1.82, 2.24) is 0 Å². The number of carbonyl (C=O) groups excluding carboxylic acids is 1. The maximum absolute atomic E-state index is 12.6. The second kappa shape index (κ2) is 8.06. The van der Waals surface area contributed by atoms with E-state index in [0.29, 0.717) is 41.1 Å². The Bertz CT molecular complexity index is 931. The number of fused-ring (bicyclic) bond motifs is 1. The van der Waals surface area contributed by atoms with Gasteiger partial charge in [0.25, 0.3) is 0 Å². The molecule has 0 saturated carbocycles. The molecule has 3 rings (SSSR count). The molecule has 0 atom stereocenters. The maximum atomic E-state index is 12.6. The molecule has 2 aromatic rings. The molecule has 7 nitrogen and oxygen atoms in total. The number of rotatable bonds is 6. The van der Waals surface area contributed by atoms with Gasteiger partial charge in [0.05, 0.1) is 11.4 Å². The van der Waals surface area contributed by atoms with E-state index in [-0.39, 0.29) is 12.3 Å². The summed E-state index contributed by atoms with van der Waals surface area (Å²) in [5.74, 6) is 0.386. The van der Waals surface area contributed by atoms with E-state index in [1.165, 1.54) is 6.92 Å². The summed E-state index contributed by atoms with van der Waals surface area (Å²) in [6.07, 6.45) is 0. The number of benzene rings is 2. The lowest BCUT2D eigenvalue weighted by atomic mass is 10.2. The van der Waals surface area contributed by atoms with Crippen molar-refractivity contribution in [3.8, 4) is 11.5 Å². The summed E-state index contributed by atoms with van der Waals surface area (Å²) >= 11 is 5.83. The molecule has 0 aliphatic carbocycles. The number of halogens is 1. The SMILES string of the molecule is CCS(=O)(=O)N(CC(=O)Nc1ccc(Cl)cc1)c1ccc2c(c1)OCCO2. The number of sulfonamides is 1. The van der Waals surface area contributed by atoms with E-state index in [4.69, 9.17) is 21.1 Å². The smallest absolute Gasteiger partial charge is 0.245 e.